The lowest BCUT2D eigenvalue weighted by atomic mass is 10.0. The first-order valence-corrected chi connectivity index (χ1v) is 11.5. The number of amides is 1. The maximum absolute atomic E-state index is 13.7. The summed E-state index contributed by atoms with van der Waals surface area (Å²) in [7, 11) is 0. The fraction of sp³-hybridized carbons (Fsp3) is 0.273. The number of halogens is 2. The average Bonchev–Trinajstić information content (AvgIpc) is 3.35. The Hall–Kier alpha value is -2.88. The van der Waals surface area contributed by atoms with E-state index >= 15 is 0 Å². The van der Waals surface area contributed by atoms with Gasteiger partial charge in [-0.25, -0.2) is 14.4 Å². The molecule has 1 fully saturated rings. The molecule has 0 unspecified atom stereocenters. The van der Waals surface area contributed by atoms with Crippen LogP contribution < -0.4 is 5.32 Å². The molecule has 0 spiro atoms. The Labute approximate surface area is 192 Å². The molecule has 164 valence electrons. The number of thiazole rings is 1. The third kappa shape index (κ3) is 4.36. The van der Waals surface area contributed by atoms with Gasteiger partial charge < -0.3 is 15.2 Å². The zero-order valence-corrected chi connectivity index (χ0v) is 18.6. The molecule has 10 heteroatoms. The molecule has 1 amide bonds. The number of fused-ring (bicyclic) bond motifs is 1. The highest BCUT2D eigenvalue weighted by Gasteiger charge is 2.32. The van der Waals surface area contributed by atoms with Crippen LogP contribution in [0.3, 0.4) is 0 Å². The van der Waals surface area contributed by atoms with Gasteiger partial charge in [-0.05, 0) is 24.3 Å². The summed E-state index contributed by atoms with van der Waals surface area (Å²) in [6.07, 6.45) is 2.33. The van der Waals surface area contributed by atoms with Gasteiger partial charge in [-0.1, -0.05) is 23.7 Å². The number of likely N-dealkylation sites (tertiary alicyclic amines) is 1. The summed E-state index contributed by atoms with van der Waals surface area (Å²) in [6.45, 7) is 2.61. The van der Waals surface area contributed by atoms with Crippen molar-refractivity contribution in [2.75, 3.05) is 19.6 Å². The average molecular weight is 471 g/mol. The van der Waals surface area contributed by atoms with Crippen molar-refractivity contribution in [3.8, 4) is 0 Å². The Morgan fingerprint density at radius 2 is 2.09 bits per heavy atom. The van der Waals surface area contributed by atoms with E-state index in [1.54, 1.807) is 0 Å². The van der Waals surface area contributed by atoms with Gasteiger partial charge in [-0.2, -0.15) is 0 Å². The minimum atomic E-state index is -0.463. The minimum Gasteiger partial charge on any atom is -0.345 e. The van der Waals surface area contributed by atoms with Crippen LogP contribution in [-0.4, -0.2) is 50.4 Å². The molecule has 0 radical (unpaired) electrons. The van der Waals surface area contributed by atoms with Crippen LogP contribution in [-0.2, 0) is 13.0 Å². The molecule has 4 aromatic rings. The quantitative estimate of drug-likeness (QED) is 0.429. The highest BCUT2D eigenvalue weighted by molar-refractivity contribution is 7.16. The maximum Gasteiger partial charge on any atom is 0.272 e. The fourth-order valence-electron chi connectivity index (χ4n) is 3.72. The molecule has 3 aromatic heterocycles. The molecule has 5 rings (SSSR count). The Morgan fingerprint density at radius 3 is 2.91 bits per heavy atom. The SMILES string of the molecule is O=C(NCc1ncccc1F)c1nc(C2CN(CCc3nc4ccccc4[nH]3)C2)sc1Cl. The first-order chi connectivity index (χ1) is 15.6. The third-order valence-electron chi connectivity index (χ3n) is 5.48. The summed E-state index contributed by atoms with van der Waals surface area (Å²) in [5, 5.41) is 3.49. The van der Waals surface area contributed by atoms with Crippen molar-refractivity contribution in [1.82, 2.24) is 30.2 Å². The van der Waals surface area contributed by atoms with Crippen molar-refractivity contribution in [3.63, 3.8) is 0 Å². The number of aromatic nitrogens is 4. The highest BCUT2D eigenvalue weighted by Crippen LogP contribution is 2.34. The molecule has 1 aliphatic rings. The van der Waals surface area contributed by atoms with E-state index in [0.717, 1.165) is 47.9 Å². The zero-order chi connectivity index (χ0) is 22.1. The number of nitrogens with one attached hydrogen (secondary N) is 2. The Morgan fingerprint density at radius 1 is 1.25 bits per heavy atom. The fourth-order valence-corrected chi connectivity index (χ4v) is 4.96. The zero-order valence-electron chi connectivity index (χ0n) is 17.0. The molecule has 0 atom stereocenters. The van der Waals surface area contributed by atoms with E-state index in [1.807, 2.05) is 24.3 Å². The van der Waals surface area contributed by atoms with Crippen LogP contribution >= 0.6 is 22.9 Å². The van der Waals surface area contributed by atoms with Gasteiger partial charge in [0.2, 0.25) is 0 Å². The molecule has 1 aromatic carbocycles. The van der Waals surface area contributed by atoms with Crippen LogP contribution in [0, 0.1) is 5.82 Å². The lowest BCUT2D eigenvalue weighted by Crippen LogP contribution is -2.45. The summed E-state index contributed by atoms with van der Waals surface area (Å²) >= 11 is 7.60. The Bertz CT molecular complexity index is 1240. The number of carbonyl (C=O) groups excluding carboxylic acids is 1. The maximum atomic E-state index is 13.7. The predicted molar refractivity (Wildman–Crippen MR) is 121 cm³/mol. The number of H-pyrrole nitrogens is 1. The molecule has 1 aliphatic heterocycles. The van der Waals surface area contributed by atoms with E-state index in [0.29, 0.717) is 4.34 Å². The van der Waals surface area contributed by atoms with Gasteiger partial charge in [0.05, 0.1) is 23.3 Å². The summed E-state index contributed by atoms with van der Waals surface area (Å²) in [5.74, 6) is 0.344. The number of nitrogens with zero attached hydrogens (tertiary/aromatic N) is 4. The van der Waals surface area contributed by atoms with Crippen molar-refractivity contribution in [2.45, 2.75) is 18.9 Å². The van der Waals surface area contributed by atoms with Crippen molar-refractivity contribution in [3.05, 3.63) is 75.0 Å². The second-order valence-corrected chi connectivity index (χ2v) is 9.33. The van der Waals surface area contributed by atoms with E-state index in [-0.39, 0.29) is 23.9 Å². The van der Waals surface area contributed by atoms with Crippen molar-refractivity contribution < 1.29 is 9.18 Å². The molecular weight excluding hydrogens is 451 g/mol. The number of hydrogen-bond acceptors (Lipinski definition) is 6. The van der Waals surface area contributed by atoms with Gasteiger partial charge in [-0.15, -0.1) is 11.3 Å². The van der Waals surface area contributed by atoms with Gasteiger partial charge in [-0.3, -0.25) is 9.78 Å². The first-order valence-electron chi connectivity index (χ1n) is 10.3. The van der Waals surface area contributed by atoms with Crippen LogP contribution in [0.5, 0.6) is 0 Å². The van der Waals surface area contributed by atoms with E-state index in [4.69, 9.17) is 11.6 Å². The molecule has 0 saturated carbocycles. The Kier molecular flexibility index (Phi) is 5.86. The summed E-state index contributed by atoms with van der Waals surface area (Å²) in [5.41, 5.74) is 2.39. The molecule has 4 heterocycles. The molecule has 2 N–H and O–H groups in total. The van der Waals surface area contributed by atoms with Crippen molar-refractivity contribution >= 4 is 39.9 Å². The minimum absolute atomic E-state index is 0.0201. The Balaban J connectivity index is 1.13. The number of rotatable bonds is 7. The van der Waals surface area contributed by atoms with Crippen LogP contribution in [0.4, 0.5) is 4.39 Å². The smallest absolute Gasteiger partial charge is 0.272 e. The number of imidazole rings is 1. The van der Waals surface area contributed by atoms with E-state index < -0.39 is 11.7 Å². The van der Waals surface area contributed by atoms with Crippen LogP contribution in [0.25, 0.3) is 11.0 Å². The third-order valence-corrected chi connectivity index (χ3v) is 6.89. The molecule has 0 bridgehead atoms. The number of para-hydroxylation sites is 2. The predicted octanol–water partition coefficient (Wildman–Crippen LogP) is 3.78. The lowest BCUT2D eigenvalue weighted by Gasteiger charge is -2.37. The van der Waals surface area contributed by atoms with E-state index in [9.17, 15) is 9.18 Å². The molecule has 0 aliphatic carbocycles. The topological polar surface area (TPSA) is 86.8 Å². The van der Waals surface area contributed by atoms with Crippen LogP contribution in [0.2, 0.25) is 4.34 Å². The number of benzene rings is 1. The standard InChI is InChI=1S/C22H20ClFN6OS/c23-20-19(21(31)26-10-17-14(24)4-3-8-25-17)29-22(32-20)13-11-30(12-13)9-7-18-27-15-5-1-2-6-16(15)28-18/h1-6,8,13H,7,9-12H2,(H,26,31)(H,27,28). The normalized spacial score (nSPS) is 14.6. The number of carbonyl (C=O) groups is 1. The number of aromatic amines is 1. The molecular formula is C22H20ClFN6OS. The molecule has 32 heavy (non-hydrogen) atoms. The van der Waals surface area contributed by atoms with Gasteiger partial charge >= 0.3 is 0 Å². The van der Waals surface area contributed by atoms with E-state index in [1.165, 1.54) is 29.7 Å². The molecule has 1 saturated heterocycles. The van der Waals surface area contributed by atoms with Gasteiger partial charge in [0.25, 0.3) is 5.91 Å². The second kappa shape index (κ2) is 8.93. The highest BCUT2D eigenvalue weighted by atomic mass is 35.5. The number of hydrogen-bond donors (Lipinski definition) is 2. The number of pyridine rings is 1. The van der Waals surface area contributed by atoms with Crippen molar-refractivity contribution in [2.24, 2.45) is 0 Å². The monoisotopic (exact) mass is 470 g/mol. The first kappa shape index (κ1) is 21.0. The lowest BCUT2D eigenvalue weighted by molar-refractivity contribution is 0.0945. The van der Waals surface area contributed by atoms with E-state index in [2.05, 4.69) is 30.2 Å². The summed E-state index contributed by atoms with van der Waals surface area (Å²) in [4.78, 5) is 31.2. The summed E-state index contributed by atoms with van der Waals surface area (Å²) in [6, 6.07) is 10.8. The second-order valence-electron chi connectivity index (χ2n) is 7.70. The summed E-state index contributed by atoms with van der Waals surface area (Å²) < 4.78 is 14.0. The van der Waals surface area contributed by atoms with Crippen LogP contribution in [0.1, 0.15) is 32.9 Å². The largest absolute Gasteiger partial charge is 0.345 e. The van der Waals surface area contributed by atoms with Gasteiger partial charge in [0.1, 0.15) is 21.0 Å². The van der Waals surface area contributed by atoms with Crippen LogP contribution in [0.15, 0.2) is 42.6 Å². The van der Waals surface area contributed by atoms with Gasteiger partial charge in [0, 0.05) is 38.2 Å². The molecule has 7 nitrogen and oxygen atoms in total. The van der Waals surface area contributed by atoms with Crippen molar-refractivity contribution in [1.29, 1.82) is 0 Å². The van der Waals surface area contributed by atoms with Gasteiger partial charge in [0.15, 0.2) is 5.69 Å².